The van der Waals surface area contributed by atoms with Crippen LogP contribution in [0, 0.1) is 5.92 Å². The Morgan fingerprint density at radius 1 is 1.24 bits per heavy atom. The maximum absolute atomic E-state index is 12.8. The number of halogens is 2. The zero-order chi connectivity index (χ0) is 25.4. The summed E-state index contributed by atoms with van der Waals surface area (Å²) in [6, 6.07) is 5.44. The van der Waals surface area contributed by atoms with E-state index in [4.69, 9.17) is 32.9 Å². The topological polar surface area (TPSA) is 83.0 Å². The van der Waals surface area contributed by atoms with E-state index in [-0.39, 0.29) is 13.1 Å². The number of amides is 1. The number of piperazine rings is 1. The quantitative estimate of drug-likeness (QED) is 0.497. The number of aliphatic carboxylic acids is 1. The average molecular weight is 529 g/mol. The van der Waals surface area contributed by atoms with Gasteiger partial charge in [-0.05, 0) is 52.2 Å². The highest BCUT2D eigenvalue weighted by Gasteiger charge is 2.48. The van der Waals surface area contributed by atoms with Gasteiger partial charge in [0.15, 0.2) is 10.7 Å². The summed E-state index contributed by atoms with van der Waals surface area (Å²) in [4.78, 5) is 34.3. The molecular formula is C24H31Cl2N3O4S. The molecule has 0 saturated carbocycles. The molecule has 1 fully saturated rings. The minimum atomic E-state index is -1.46. The van der Waals surface area contributed by atoms with Gasteiger partial charge >= 0.3 is 12.1 Å². The summed E-state index contributed by atoms with van der Waals surface area (Å²) in [5.74, 6) is -0.685. The molecule has 1 aliphatic rings. The van der Waals surface area contributed by atoms with Crippen LogP contribution in [-0.2, 0) is 16.0 Å². The van der Waals surface area contributed by atoms with Crippen LogP contribution in [0.2, 0.25) is 10.0 Å². The first-order valence-electron chi connectivity index (χ1n) is 11.2. The van der Waals surface area contributed by atoms with Gasteiger partial charge in [-0.25, -0.2) is 14.6 Å². The molecule has 1 amide bonds. The predicted molar refractivity (Wildman–Crippen MR) is 137 cm³/mol. The molecule has 2 heterocycles. The third-order valence-electron chi connectivity index (χ3n) is 5.51. The van der Waals surface area contributed by atoms with Crippen molar-refractivity contribution in [3.8, 4) is 11.3 Å². The summed E-state index contributed by atoms with van der Waals surface area (Å²) >= 11 is 13.9. The lowest BCUT2D eigenvalue weighted by Gasteiger charge is -2.46. The molecule has 0 spiro atoms. The van der Waals surface area contributed by atoms with Crippen molar-refractivity contribution < 1.29 is 19.4 Å². The van der Waals surface area contributed by atoms with Crippen LogP contribution >= 0.6 is 34.5 Å². The molecule has 2 aromatic rings. The normalized spacial score (nSPS) is 19.0. The van der Waals surface area contributed by atoms with Crippen molar-refractivity contribution >= 4 is 51.7 Å². The summed E-state index contributed by atoms with van der Waals surface area (Å²) in [7, 11) is 0. The highest BCUT2D eigenvalue weighted by Crippen LogP contribution is 2.38. The number of nitrogens with zero attached hydrogens (tertiary/aromatic N) is 3. The molecule has 1 N–H and O–H groups in total. The molecule has 10 heteroatoms. The smallest absolute Gasteiger partial charge is 0.411 e. The minimum Gasteiger partial charge on any atom is -0.479 e. The van der Waals surface area contributed by atoms with Crippen LogP contribution in [0.15, 0.2) is 18.2 Å². The lowest BCUT2D eigenvalue weighted by atomic mass is 9.97. The predicted octanol–water partition coefficient (Wildman–Crippen LogP) is 6.22. The van der Waals surface area contributed by atoms with Crippen LogP contribution < -0.4 is 4.90 Å². The lowest BCUT2D eigenvalue weighted by molar-refractivity contribution is -0.150. The van der Waals surface area contributed by atoms with Crippen molar-refractivity contribution in [2.45, 2.75) is 59.1 Å². The molecule has 0 radical (unpaired) electrons. The Labute approximate surface area is 214 Å². The van der Waals surface area contributed by atoms with Gasteiger partial charge in [-0.1, -0.05) is 43.1 Å². The standard InChI is InChI=1S/C24H31Cl2N3O4S/c1-14(2)11-18-19(15-7-8-16(25)17(26)12-15)27-21(34-18)28-9-10-29(22(32)33-23(3,4)5)24(6,13-28)20(30)31/h7-8,12,14H,9-11,13H2,1-6H3,(H,30,31). The van der Waals surface area contributed by atoms with Gasteiger partial charge in [-0.2, -0.15) is 0 Å². The SMILES string of the molecule is CC(C)Cc1sc(N2CCN(C(=O)OC(C)(C)C)C(C)(C(=O)O)C2)nc1-c1ccc(Cl)c(Cl)c1. The van der Waals surface area contributed by atoms with Crippen LogP contribution in [0.1, 0.15) is 46.4 Å². The number of ether oxygens (including phenoxy) is 1. The van der Waals surface area contributed by atoms with E-state index < -0.39 is 23.2 Å². The van der Waals surface area contributed by atoms with E-state index in [0.717, 1.165) is 22.6 Å². The van der Waals surface area contributed by atoms with Gasteiger partial charge in [0.1, 0.15) is 5.60 Å². The van der Waals surface area contributed by atoms with E-state index in [1.54, 1.807) is 51.2 Å². The number of hydrogen-bond donors (Lipinski definition) is 1. The van der Waals surface area contributed by atoms with Crippen LogP contribution in [0.25, 0.3) is 11.3 Å². The second-order valence-corrected chi connectivity index (χ2v) is 12.0. The van der Waals surface area contributed by atoms with Crippen LogP contribution in [0.5, 0.6) is 0 Å². The monoisotopic (exact) mass is 527 g/mol. The molecular weight excluding hydrogens is 497 g/mol. The minimum absolute atomic E-state index is 0.0943. The van der Waals surface area contributed by atoms with E-state index >= 15 is 0 Å². The maximum atomic E-state index is 12.8. The number of hydrogen-bond acceptors (Lipinski definition) is 6. The first-order chi connectivity index (χ1) is 15.7. The number of rotatable bonds is 5. The van der Waals surface area contributed by atoms with Crippen LogP contribution in [0.3, 0.4) is 0 Å². The van der Waals surface area contributed by atoms with Gasteiger partial charge in [0.05, 0.1) is 22.3 Å². The number of carboxylic acid groups (broad SMARTS) is 1. The molecule has 0 aliphatic carbocycles. The Kier molecular flexibility index (Phi) is 7.75. The second kappa shape index (κ2) is 9.91. The fourth-order valence-corrected chi connectivity index (χ4v) is 5.43. The molecule has 1 atom stereocenters. The number of anilines is 1. The summed E-state index contributed by atoms with van der Waals surface area (Å²) < 4.78 is 5.48. The van der Waals surface area contributed by atoms with Crippen molar-refractivity contribution in [1.29, 1.82) is 0 Å². The van der Waals surface area contributed by atoms with Gasteiger partial charge in [-0.15, -0.1) is 11.3 Å². The molecule has 7 nitrogen and oxygen atoms in total. The number of benzene rings is 1. The van der Waals surface area contributed by atoms with Gasteiger partial charge in [0.25, 0.3) is 0 Å². The first kappa shape index (κ1) is 26.6. The van der Waals surface area contributed by atoms with Crippen molar-refractivity contribution in [3.63, 3.8) is 0 Å². The molecule has 1 aromatic heterocycles. The van der Waals surface area contributed by atoms with Crippen molar-refractivity contribution in [2.75, 3.05) is 24.5 Å². The molecule has 186 valence electrons. The number of carbonyl (C=O) groups excluding carboxylic acids is 1. The van der Waals surface area contributed by atoms with Gasteiger partial charge in [0.2, 0.25) is 0 Å². The van der Waals surface area contributed by atoms with Crippen LogP contribution in [0.4, 0.5) is 9.93 Å². The van der Waals surface area contributed by atoms with Gasteiger partial charge < -0.3 is 14.7 Å². The summed E-state index contributed by atoms with van der Waals surface area (Å²) in [5.41, 5.74) is -0.503. The Morgan fingerprint density at radius 2 is 1.91 bits per heavy atom. The summed E-state index contributed by atoms with van der Waals surface area (Å²) in [6.45, 7) is 11.8. The molecule has 1 unspecified atom stereocenters. The third-order valence-corrected chi connectivity index (χ3v) is 7.38. The average Bonchev–Trinajstić information content (AvgIpc) is 3.11. The number of thiazole rings is 1. The van der Waals surface area contributed by atoms with E-state index in [1.165, 1.54) is 4.90 Å². The van der Waals surface area contributed by atoms with Crippen molar-refractivity contribution in [1.82, 2.24) is 9.88 Å². The fraction of sp³-hybridized carbons (Fsp3) is 0.542. The largest absolute Gasteiger partial charge is 0.479 e. The van der Waals surface area contributed by atoms with E-state index in [1.807, 2.05) is 11.0 Å². The Hall–Kier alpha value is -2.03. The van der Waals surface area contributed by atoms with Crippen LogP contribution in [-0.4, -0.2) is 57.8 Å². The second-order valence-electron chi connectivity index (χ2n) is 10.1. The molecule has 1 aliphatic heterocycles. The number of carboxylic acids is 1. The van der Waals surface area contributed by atoms with E-state index in [2.05, 4.69) is 13.8 Å². The zero-order valence-corrected chi connectivity index (χ0v) is 22.6. The van der Waals surface area contributed by atoms with E-state index in [9.17, 15) is 14.7 Å². The highest BCUT2D eigenvalue weighted by molar-refractivity contribution is 7.16. The Morgan fingerprint density at radius 3 is 2.47 bits per heavy atom. The molecule has 34 heavy (non-hydrogen) atoms. The lowest BCUT2D eigenvalue weighted by Crippen LogP contribution is -2.66. The summed E-state index contributed by atoms with van der Waals surface area (Å²) in [6.07, 6.45) is 0.189. The van der Waals surface area contributed by atoms with Crippen molar-refractivity contribution in [3.05, 3.63) is 33.1 Å². The zero-order valence-electron chi connectivity index (χ0n) is 20.3. The Balaban J connectivity index is 1.95. The maximum Gasteiger partial charge on any atom is 0.411 e. The third kappa shape index (κ3) is 5.78. The van der Waals surface area contributed by atoms with Gasteiger partial charge in [-0.3, -0.25) is 4.90 Å². The van der Waals surface area contributed by atoms with E-state index in [0.29, 0.717) is 27.6 Å². The summed E-state index contributed by atoms with van der Waals surface area (Å²) in [5, 5.41) is 11.7. The Bertz CT molecular complexity index is 1080. The molecule has 1 saturated heterocycles. The van der Waals surface area contributed by atoms with Crippen molar-refractivity contribution in [2.24, 2.45) is 5.92 Å². The van der Waals surface area contributed by atoms with Gasteiger partial charge in [0, 0.05) is 23.5 Å². The highest BCUT2D eigenvalue weighted by atomic mass is 35.5. The first-order valence-corrected chi connectivity index (χ1v) is 12.7. The molecule has 3 rings (SSSR count). The number of carbonyl (C=O) groups is 2. The molecule has 0 bridgehead atoms. The number of aromatic nitrogens is 1. The molecule has 1 aromatic carbocycles. The fourth-order valence-electron chi connectivity index (χ4n) is 3.81.